The molecule has 0 atom stereocenters. The topological polar surface area (TPSA) is 94.3 Å². The molecule has 1 heterocycles. The minimum atomic E-state index is -0.242. The molecule has 0 aliphatic heterocycles. The molecule has 0 radical (unpaired) electrons. The van der Waals surface area contributed by atoms with Crippen LogP contribution in [0.4, 0.5) is 0 Å². The highest BCUT2D eigenvalue weighted by atomic mass is 32.2. The smallest absolute Gasteiger partial charge is 0.305 e. The van der Waals surface area contributed by atoms with Gasteiger partial charge in [-0.05, 0) is 19.6 Å². The molecule has 118 valence electrons. The van der Waals surface area contributed by atoms with Crippen LogP contribution in [0.3, 0.4) is 0 Å². The standard InChI is InChI=1S/C12H19N3O4S2/c1-3-18-11(17)5-4-6-13-9(16)7-21-12-15-14-10(19-12)8-20-2/h3-8H2,1-2H3,(H,13,16). The SMILES string of the molecule is CCOC(=O)CCCNC(=O)CSc1nnc(CSC)o1. The zero-order valence-corrected chi connectivity index (χ0v) is 13.7. The molecule has 0 unspecified atom stereocenters. The first-order valence-corrected chi connectivity index (χ1v) is 8.90. The van der Waals surface area contributed by atoms with Gasteiger partial charge in [-0.2, -0.15) is 11.8 Å². The zero-order valence-electron chi connectivity index (χ0n) is 12.1. The van der Waals surface area contributed by atoms with E-state index in [1.165, 1.54) is 11.8 Å². The van der Waals surface area contributed by atoms with Gasteiger partial charge in [0.25, 0.3) is 5.22 Å². The molecule has 0 aliphatic rings. The third-order valence-corrected chi connectivity index (χ3v) is 3.58. The lowest BCUT2D eigenvalue weighted by molar-refractivity contribution is -0.143. The Labute approximate surface area is 132 Å². The van der Waals surface area contributed by atoms with Gasteiger partial charge in [-0.1, -0.05) is 11.8 Å². The van der Waals surface area contributed by atoms with Crippen molar-refractivity contribution in [2.24, 2.45) is 0 Å². The molecule has 0 aromatic carbocycles. The average molecular weight is 333 g/mol. The van der Waals surface area contributed by atoms with E-state index in [-0.39, 0.29) is 17.6 Å². The maximum absolute atomic E-state index is 11.6. The number of carbonyl (C=O) groups is 2. The number of nitrogens with zero attached hydrogens (tertiary/aromatic N) is 2. The number of carbonyl (C=O) groups excluding carboxylic acids is 2. The summed E-state index contributed by atoms with van der Waals surface area (Å²) in [5.74, 6) is 1.05. The zero-order chi connectivity index (χ0) is 15.5. The molecule has 0 aliphatic carbocycles. The van der Waals surface area contributed by atoms with E-state index in [9.17, 15) is 9.59 Å². The summed E-state index contributed by atoms with van der Waals surface area (Å²) in [6.07, 6.45) is 2.82. The number of nitrogens with one attached hydrogen (secondary N) is 1. The lowest BCUT2D eigenvalue weighted by Crippen LogP contribution is -2.26. The van der Waals surface area contributed by atoms with Crippen molar-refractivity contribution in [1.82, 2.24) is 15.5 Å². The highest BCUT2D eigenvalue weighted by Crippen LogP contribution is 2.17. The van der Waals surface area contributed by atoms with Crippen LogP contribution >= 0.6 is 23.5 Å². The maximum Gasteiger partial charge on any atom is 0.305 e. The highest BCUT2D eigenvalue weighted by molar-refractivity contribution is 7.99. The Morgan fingerprint density at radius 3 is 2.90 bits per heavy atom. The van der Waals surface area contributed by atoms with Crippen LogP contribution in [0.5, 0.6) is 0 Å². The number of ether oxygens (including phenoxy) is 1. The fourth-order valence-corrected chi connectivity index (χ4v) is 2.32. The highest BCUT2D eigenvalue weighted by Gasteiger charge is 2.09. The maximum atomic E-state index is 11.6. The Morgan fingerprint density at radius 2 is 2.19 bits per heavy atom. The Bertz CT molecular complexity index is 453. The van der Waals surface area contributed by atoms with Gasteiger partial charge in [-0.3, -0.25) is 9.59 Å². The molecule has 0 saturated carbocycles. The van der Waals surface area contributed by atoms with Crippen molar-refractivity contribution in [2.75, 3.05) is 25.2 Å². The quantitative estimate of drug-likeness (QED) is 0.391. The van der Waals surface area contributed by atoms with Crippen molar-refractivity contribution in [1.29, 1.82) is 0 Å². The number of amides is 1. The van der Waals surface area contributed by atoms with Gasteiger partial charge in [0, 0.05) is 13.0 Å². The molecule has 0 spiro atoms. The molecule has 0 fully saturated rings. The van der Waals surface area contributed by atoms with E-state index in [1.807, 2.05) is 6.26 Å². The largest absolute Gasteiger partial charge is 0.466 e. The summed E-state index contributed by atoms with van der Waals surface area (Å²) in [7, 11) is 0. The van der Waals surface area contributed by atoms with Crippen LogP contribution in [-0.2, 0) is 20.1 Å². The monoisotopic (exact) mass is 333 g/mol. The molecule has 1 aromatic heterocycles. The van der Waals surface area contributed by atoms with Gasteiger partial charge in [0.1, 0.15) is 0 Å². The molecular formula is C12H19N3O4S2. The molecular weight excluding hydrogens is 314 g/mol. The summed E-state index contributed by atoms with van der Waals surface area (Å²) in [5, 5.41) is 10.8. The summed E-state index contributed by atoms with van der Waals surface area (Å²) in [4.78, 5) is 22.7. The lowest BCUT2D eigenvalue weighted by atomic mass is 10.3. The molecule has 0 saturated heterocycles. The summed E-state index contributed by atoms with van der Waals surface area (Å²) in [5.41, 5.74) is 0. The minimum absolute atomic E-state index is 0.131. The van der Waals surface area contributed by atoms with Gasteiger partial charge in [0.2, 0.25) is 11.8 Å². The van der Waals surface area contributed by atoms with Crippen LogP contribution in [0.25, 0.3) is 0 Å². The predicted octanol–water partition coefficient (Wildman–Crippen LogP) is 1.48. The summed E-state index contributed by atoms with van der Waals surface area (Å²) >= 11 is 2.78. The van der Waals surface area contributed by atoms with E-state index < -0.39 is 0 Å². The molecule has 1 rings (SSSR count). The van der Waals surface area contributed by atoms with Crippen LogP contribution in [-0.4, -0.2) is 47.2 Å². The average Bonchev–Trinajstić information content (AvgIpc) is 2.90. The van der Waals surface area contributed by atoms with Gasteiger partial charge >= 0.3 is 5.97 Å². The van der Waals surface area contributed by atoms with Crippen LogP contribution in [0, 0.1) is 0 Å². The van der Waals surface area contributed by atoms with E-state index in [2.05, 4.69) is 15.5 Å². The van der Waals surface area contributed by atoms with Crippen LogP contribution in [0.15, 0.2) is 9.64 Å². The van der Waals surface area contributed by atoms with E-state index in [1.54, 1.807) is 18.7 Å². The molecule has 1 aromatic rings. The van der Waals surface area contributed by atoms with Crippen LogP contribution < -0.4 is 5.32 Å². The van der Waals surface area contributed by atoms with E-state index in [4.69, 9.17) is 9.15 Å². The molecule has 0 bridgehead atoms. The van der Waals surface area contributed by atoms with Crippen molar-refractivity contribution in [2.45, 2.75) is 30.7 Å². The van der Waals surface area contributed by atoms with Crippen LogP contribution in [0.1, 0.15) is 25.7 Å². The molecule has 21 heavy (non-hydrogen) atoms. The minimum Gasteiger partial charge on any atom is -0.466 e. The first-order valence-electron chi connectivity index (χ1n) is 6.52. The number of aromatic nitrogens is 2. The van der Waals surface area contributed by atoms with Crippen LogP contribution in [0.2, 0.25) is 0 Å². The second-order valence-corrected chi connectivity index (χ2v) is 5.73. The lowest BCUT2D eigenvalue weighted by Gasteiger charge is -2.04. The first-order chi connectivity index (χ1) is 10.2. The number of esters is 1. The van der Waals surface area contributed by atoms with Gasteiger partial charge in [-0.25, -0.2) is 0 Å². The number of thioether (sulfide) groups is 2. The second-order valence-electron chi connectivity index (χ2n) is 3.94. The Morgan fingerprint density at radius 1 is 1.38 bits per heavy atom. The van der Waals surface area contributed by atoms with E-state index >= 15 is 0 Å². The molecule has 1 amide bonds. The van der Waals surface area contributed by atoms with Crippen molar-refractivity contribution in [3.8, 4) is 0 Å². The van der Waals surface area contributed by atoms with E-state index in [0.29, 0.717) is 42.9 Å². The number of hydrogen-bond acceptors (Lipinski definition) is 8. The Kier molecular flexibility index (Phi) is 8.91. The van der Waals surface area contributed by atoms with Gasteiger partial charge in [-0.15, -0.1) is 10.2 Å². The van der Waals surface area contributed by atoms with Gasteiger partial charge < -0.3 is 14.5 Å². The predicted molar refractivity (Wildman–Crippen MR) is 81.1 cm³/mol. The second kappa shape index (κ2) is 10.5. The van der Waals surface area contributed by atoms with Gasteiger partial charge in [0.15, 0.2) is 0 Å². The van der Waals surface area contributed by atoms with Crippen molar-refractivity contribution in [3.05, 3.63) is 5.89 Å². The summed E-state index contributed by atoms with van der Waals surface area (Å²) in [6, 6.07) is 0. The van der Waals surface area contributed by atoms with Crippen molar-refractivity contribution < 1.29 is 18.7 Å². The summed E-state index contributed by atoms with van der Waals surface area (Å²) < 4.78 is 10.1. The molecule has 9 heteroatoms. The van der Waals surface area contributed by atoms with Gasteiger partial charge in [0.05, 0.1) is 18.1 Å². The normalized spacial score (nSPS) is 10.4. The first kappa shape index (κ1) is 17.8. The molecule has 1 N–H and O–H groups in total. The Hall–Kier alpha value is -1.22. The third-order valence-electron chi connectivity index (χ3n) is 2.23. The fraction of sp³-hybridized carbons (Fsp3) is 0.667. The van der Waals surface area contributed by atoms with Crippen molar-refractivity contribution >= 4 is 35.4 Å². The Balaban J connectivity index is 2.11. The van der Waals surface area contributed by atoms with Crippen molar-refractivity contribution in [3.63, 3.8) is 0 Å². The number of rotatable bonds is 10. The number of hydrogen-bond donors (Lipinski definition) is 1. The van der Waals surface area contributed by atoms with E-state index in [0.717, 1.165) is 0 Å². The summed E-state index contributed by atoms with van der Waals surface area (Å²) in [6.45, 7) is 2.59. The molecule has 7 nitrogen and oxygen atoms in total. The fourth-order valence-electron chi connectivity index (χ4n) is 1.35. The third kappa shape index (κ3) is 7.96.